The molecule has 3 heteroatoms. The van der Waals surface area contributed by atoms with Gasteiger partial charge < -0.3 is 0 Å². The molecule has 0 N–H and O–H groups in total. The predicted molar refractivity (Wildman–Crippen MR) is 48.8 cm³/mol. The molecule has 0 saturated carbocycles. The first-order valence-electron chi connectivity index (χ1n) is 3.42. The first-order valence-corrected chi connectivity index (χ1v) is 4.21. The van der Waals surface area contributed by atoms with Crippen molar-refractivity contribution >= 4 is 22.0 Å². The molecule has 0 aliphatic rings. The number of benzene rings is 1. The predicted octanol–water partition coefficient (Wildman–Crippen LogP) is 3.76. The molecule has 0 fully saturated rings. The molecular formula is C9H7BrF2. The van der Waals surface area contributed by atoms with Crippen LogP contribution in [0.15, 0.2) is 22.7 Å². The Labute approximate surface area is 78.0 Å². The molecule has 0 aliphatic carbocycles. The lowest BCUT2D eigenvalue weighted by molar-refractivity contribution is 0.577. The maximum Gasteiger partial charge on any atom is 0.134 e. The van der Waals surface area contributed by atoms with E-state index < -0.39 is 11.6 Å². The van der Waals surface area contributed by atoms with Gasteiger partial charge in [-0.3, -0.25) is 0 Å². The number of allylic oxidation sites excluding steroid dienone is 1. The molecule has 0 saturated heterocycles. The van der Waals surface area contributed by atoms with E-state index in [1.54, 1.807) is 13.0 Å². The molecule has 0 heterocycles. The van der Waals surface area contributed by atoms with Crippen LogP contribution in [0.1, 0.15) is 12.5 Å². The quantitative estimate of drug-likeness (QED) is 0.692. The molecule has 0 aromatic heterocycles. The van der Waals surface area contributed by atoms with Crippen LogP contribution in [0.5, 0.6) is 0 Å². The fraction of sp³-hybridized carbons (Fsp3) is 0.111. The Kier molecular flexibility index (Phi) is 2.98. The molecule has 1 aromatic rings. The normalized spacial score (nSPS) is 11.0. The van der Waals surface area contributed by atoms with Crippen LogP contribution >= 0.6 is 15.9 Å². The van der Waals surface area contributed by atoms with Gasteiger partial charge in [0.05, 0.1) is 0 Å². The maximum atomic E-state index is 13.0. The largest absolute Gasteiger partial charge is 0.206 e. The van der Waals surface area contributed by atoms with Crippen LogP contribution < -0.4 is 0 Å². The molecule has 0 amide bonds. The highest BCUT2D eigenvalue weighted by molar-refractivity contribution is 9.10. The topological polar surface area (TPSA) is 0 Å². The van der Waals surface area contributed by atoms with E-state index in [9.17, 15) is 8.78 Å². The summed E-state index contributed by atoms with van der Waals surface area (Å²) in [5, 5.41) is 0. The van der Waals surface area contributed by atoms with Crippen LogP contribution in [0, 0.1) is 11.6 Å². The minimum Gasteiger partial charge on any atom is -0.206 e. The second kappa shape index (κ2) is 3.81. The number of hydrogen-bond donors (Lipinski definition) is 0. The summed E-state index contributed by atoms with van der Waals surface area (Å²) in [5.74, 6) is -1.11. The molecule has 0 aliphatic heterocycles. The van der Waals surface area contributed by atoms with Gasteiger partial charge in [-0.05, 0) is 19.1 Å². The minimum absolute atomic E-state index is 0.000648. The minimum atomic E-state index is -0.556. The molecule has 0 nitrogen and oxygen atoms in total. The second-order valence-corrected chi connectivity index (χ2v) is 3.20. The first kappa shape index (κ1) is 9.39. The third-order valence-corrected chi connectivity index (χ3v) is 1.83. The van der Waals surface area contributed by atoms with E-state index in [1.807, 2.05) is 0 Å². The average Bonchev–Trinajstić information content (AvgIpc) is 1.96. The fourth-order valence-corrected chi connectivity index (χ4v) is 1.28. The van der Waals surface area contributed by atoms with Crippen molar-refractivity contribution in [2.24, 2.45) is 0 Å². The molecule has 64 valence electrons. The zero-order valence-electron chi connectivity index (χ0n) is 6.44. The van der Waals surface area contributed by atoms with Gasteiger partial charge in [0.25, 0.3) is 0 Å². The summed E-state index contributed by atoms with van der Waals surface area (Å²) in [7, 11) is 0. The summed E-state index contributed by atoms with van der Waals surface area (Å²) >= 11 is 2.99. The van der Waals surface area contributed by atoms with Crippen LogP contribution in [0.2, 0.25) is 0 Å². The second-order valence-electron chi connectivity index (χ2n) is 2.28. The summed E-state index contributed by atoms with van der Waals surface area (Å²) in [4.78, 5) is 0. The van der Waals surface area contributed by atoms with E-state index >= 15 is 0 Å². The maximum absolute atomic E-state index is 13.0. The van der Waals surface area contributed by atoms with Gasteiger partial charge in [-0.15, -0.1) is 0 Å². The Hall–Kier alpha value is -0.700. The van der Waals surface area contributed by atoms with Gasteiger partial charge >= 0.3 is 0 Å². The zero-order valence-corrected chi connectivity index (χ0v) is 8.03. The van der Waals surface area contributed by atoms with Crippen molar-refractivity contribution in [2.45, 2.75) is 6.92 Å². The van der Waals surface area contributed by atoms with Crippen LogP contribution in [0.3, 0.4) is 0 Å². The number of rotatable bonds is 1. The van der Waals surface area contributed by atoms with Gasteiger partial charge in [-0.1, -0.05) is 28.1 Å². The van der Waals surface area contributed by atoms with Crippen LogP contribution in [-0.4, -0.2) is 0 Å². The SMILES string of the molecule is C/C=C/c1c(F)cc(Br)cc1F. The van der Waals surface area contributed by atoms with E-state index in [0.29, 0.717) is 4.47 Å². The Morgan fingerprint density at radius 2 is 1.75 bits per heavy atom. The Balaban J connectivity index is 3.28. The standard InChI is InChI=1S/C9H7BrF2/c1-2-3-7-8(11)4-6(10)5-9(7)12/h2-5H,1H3/b3-2+. The van der Waals surface area contributed by atoms with Crippen molar-refractivity contribution in [3.8, 4) is 0 Å². The van der Waals surface area contributed by atoms with Crippen molar-refractivity contribution in [3.63, 3.8) is 0 Å². The van der Waals surface area contributed by atoms with Gasteiger partial charge in [0.15, 0.2) is 0 Å². The van der Waals surface area contributed by atoms with Gasteiger partial charge in [0.2, 0.25) is 0 Å². The van der Waals surface area contributed by atoms with Crippen LogP contribution in [-0.2, 0) is 0 Å². The first-order chi connectivity index (χ1) is 5.65. The van der Waals surface area contributed by atoms with Gasteiger partial charge in [-0.2, -0.15) is 0 Å². The van der Waals surface area contributed by atoms with Crippen molar-refractivity contribution in [2.75, 3.05) is 0 Å². The average molecular weight is 233 g/mol. The molecule has 0 bridgehead atoms. The molecule has 0 unspecified atom stereocenters. The highest BCUT2D eigenvalue weighted by Crippen LogP contribution is 2.20. The molecule has 0 atom stereocenters. The van der Waals surface area contributed by atoms with Gasteiger partial charge in [-0.25, -0.2) is 8.78 Å². The van der Waals surface area contributed by atoms with E-state index in [1.165, 1.54) is 18.2 Å². The molecular weight excluding hydrogens is 226 g/mol. The van der Waals surface area contributed by atoms with Gasteiger partial charge in [0, 0.05) is 10.0 Å². The lowest BCUT2D eigenvalue weighted by atomic mass is 10.2. The van der Waals surface area contributed by atoms with E-state index in [-0.39, 0.29) is 5.56 Å². The fourth-order valence-electron chi connectivity index (χ4n) is 0.879. The molecule has 0 spiro atoms. The van der Waals surface area contributed by atoms with Gasteiger partial charge in [0.1, 0.15) is 11.6 Å². The van der Waals surface area contributed by atoms with Crippen LogP contribution in [0.25, 0.3) is 6.08 Å². The summed E-state index contributed by atoms with van der Waals surface area (Å²) in [6.07, 6.45) is 2.99. The van der Waals surface area contributed by atoms with Crippen molar-refractivity contribution in [1.29, 1.82) is 0 Å². The summed E-state index contributed by atoms with van der Waals surface area (Å²) < 4.78 is 26.4. The molecule has 0 radical (unpaired) electrons. The number of halogens is 3. The van der Waals surface area contributed by atoms with E-state index in [2.05, 4.69) is 15.9 Å². The van der Waals surface area contributed by atoms with Crippen molar-refractivity contribution in [1.82, 2.24) is 0 Å². The highest BCUT2D eigenvalue weighted by atomic mass is 79.9. The third kappa shape index (κ3) is 1.91. The van der Waals surface area contributed by atoms with Crippen molar-refractivity contribution in [3.05, 3.63) is 39.9 Å². The Morgan fingerprint density at radius 1 is 1.25 bits per heavy atom. The summed E-state index contributed by atoms with van der Waals surface area (Å²) in [6, 6.07) is 2.47. The molecule has 12 heavy (non-hydrogen) atoms. The number of hydrogen-bond acceptors (Lipinski definition) is 0. The lowest BCUT2D eigenvalue weighted by Crippen LogP contribution is -1.88. The third-order valence-electron chi connectivity index (χ3n) is 1.38. The van der Waals surface area contributed by atoms with E-state index in [4.69, 9.17) is 0 Å². The Morgan fingerprint density at radius 3 is 2.17 bits per heavy atom. The molecule has 1 rings (SSSR count). The van der Waals surface area contributed by atoms with E-state index in [0.717, 1.165) is 0 Å². The molecule has 1 aromatic carbocycles. The lowest BCUT2D eigenvalue weighted by Gasteiger charge is -1.99. The smallest absolute Gasteiger partial charge is 0.134 e. The highest BCUT2D eigenvalue weighted by Gasteiger charge is 2.06. The monoisotopic (exact) mass is 232 g/mol. The van der Waals surface area contributed by atoms with Crippen molar-refractivity contribution < 1.29 is 8.78 Å². The summed E-state index contributed by atoms with van der Waals surface area (Å²) in [6.45, 7) is 1.71. The Bertz CT molecular complexity index is 295. The zero-order chi connectivity index (χ0) is 9.14. The van der Waals surface area contributed by atoms with Crippen LogP contribution in [0.4, 0.5) is 8.78 Å². The summed E-state index contributed by atoms with van der Waals surface area (Å²) in [5.41, 5.74) is 0.000648.